The third kappa shape index (κ3) is 3.48. The second-order valence-corrected chi connectivity index (χ2v) is 6.83. The molecule has 0 heterocycles. The highest BCUT2D eigenvalue weighted by Crippen LogP contribution is 2.39. The minimum absolute atomic E-state index is 0.128. The number of nitrogens with one attached hydrogen (secondary N) is 1. The minimum Gasteiger partial charge on any atom is -0.370 e. The van der Waals surface area contributed by atoms with Crippen LogP contribution in [0.25, 0.3) is 0 Å². The molecule has 2 heteroatoms. The summed E-state index contributed by atoms with van der Waals surface area (Å²) in [5.74, 6) is 1.58. The van der Waals surface area contributed by atoms with Crippen molar-refractivity contribution in [3.63, 3.8) is 0 Å². The zero-order chi connectivity index (χ0) is 13.0. The van der Waals surface area contributed by atoms with Crippen molar-refractivity contribution < 1.29 is 4.74 Å². The van der Waals surface area contributed by atoms with Gasteiger partial charge in [-0.25, -0.2) is 0 Å². The molecule has 2 nitrogen and oxygen atoms in total. The van der Waals surface area contributed by atoms with Crippen molar-refractivity contribution >= 4 is 0 Å². The highest BCUT2D eigenvalue weighted by molar-refractivity contribution is 4.91. The Bertz CT molecular complexity index is 251. The summed E-state index contributed by atoms with van der Waals surface area (Å²) in [6, 6.07) is 0. The lowest BCUT2D eigenvalue weighted by atomic mass is 9.77. The Morgan fingerprint density at radius 1 is 1.11 bits per heavy atom. The summed E-state index contributed by atoms with van der Waals surface area (Å²) in [6.45, 7) is 5.79. The fourth-order valence-corrected chi connectivity index (χ4v) is 4.02. The van der Waals surface area contributed by atoms with E-state index in [1.807, 2.05) is 0 Å². The van der Waals surface area contributed by atoms with Crippen LogP contribution in [0.4, 0.5) is 0 Å². The smallest absolute Gasteiger partial charge is 0.0812 e. The van der Waals surface area contributed by atoms with Crippen molar-refractivity contribution in [2.75, 3.05) is 13.6 Å². The first-order chi connectivity index (χ1) is 8.65. The molecule has 4 unspecified atom stereocenters. The maximum Gasteiger partial charge on any atom is 0.0812 e. The van der Waals surface area contributed by atoms with Crippen LogP contribution < -0.4 is 5.32 Å². The maximum absolute atomic E-state index is 6.68. The first-order valence-corrected chi connectivity index (χ1v) is 7.98. The van der Waals surface area contributed by atoms with E-state index >= 15 is 0 Å². The van der Waals surface area contributed by atoms with Gasteiger partial charge in [-0.3, -0.25) is 0 Å². The molecule has 2 saturated carbocycles. The van der Waals surface area contributed by atoms with Crippen LogP contribution >= 0.6 is 0 Å². The Kier molecular flexibility index (Phi) is 5.08. The molecule has 2 aliphatic rings. The average molecular weight is 253 g/mol. The normalized spacial score (nSPS) is 41.8. The third-order valence-corrected chi connectivity index (χ3v) is 4.98. The summed E-state index contributed by atoms with van der Waals surface area (Å²) in [6.07, 6.45) is 11.1. The Morgan fingerprint density at radius 2 is 1.89 bits per heavy atom. The van der Waals surface area contributed by atoms with Gasteiger partial charge in [-0.2, -0.15) is 0 Å². The lowest BCUT2D eigenvalue weighted by Crippen LogP contribution is -2.49. The number of ether oxygens (including phenoxy) is 1. The summed E-state index contributed by atoms with van der Waals surface area (Å²) >= 11 is 0. The van der Waals surface area contributed by atoms with Gasteiger partial charge < -0.3 is 10.1 Å². The van der Waals surface area contributed by atoms with Crippen molar-refractivity contribution in [2.24, 2.45) is 11.8 Å². The van der Waals surface area contributed by atoms with Crippen LogP contribution in [0.1, 0.15) is 65.2 Å². The highest BCUT2D eigenvalue weighted by Gasteiger charge is 2.39. The monoisotopic (exact) mass is 253 g/mol. The van der Waals surface area contributed by atoms with E-state index in [4.69, 9.17) is 4.74 Å². The Hall–Kier alpha value is -0.0800. The molecule has 0 aliphatic heterocycles. The van der Waals surface area contributed by atoms with E-state index < -0.39 is 0 Å². The summed E-state index contributed by atoms with van der Waals surface area (Å²) < 4.78 is 6.68. The molecule has 2 fully saturated rings. The molecule has 0 amide bonds. The fourth-order valence-electron chi connectivity index (χ4n) is 4.02. The fraction of sp³-hybridized carbons (Fsp3) is 1.00. The van der Waals surface area contributed by atoms with Crippen LogP contribution in [-0.4, -0.2) is 25.3 Å². The van der Waals surface area contributed by atoms with Crippen LogP contribution in [0, 0.1) is 11.8 Å². The lowest BCUT2D eigenvalue weighted by Gasteiger charge is -2.44. The van der Waals surface area contributed by atoms with E-state index in [2.05, 4.69) is 26.2 Å². The molecule has 0 radical (unpaired) electrons. The van der Waals surface area contributed by atoms with E-state index in [1.54, 1.807) is 0 Å². The molecule has 0 bridgehead atoms. The average Bonchev–Trinajstić information content (AvgIpc) is 2.32. The van der Waals surface area contributed by atoms with Crippen molar-refractivity contribution in [2.45, 2.75) is 76.9 Å². The zero-order valence-electron chi connectivity index (χ0n) is 12.5. The van der Waals surface area contributed by atoms with E-state index in [1.165, 1.54) is 51.4 Å². The van der Waals surface area contributed by atoms with E-state index in [-0.39, 0.29) is 5.60 Å². The Balaban J connectivity index is 2.00. The number of rotatable bonds is 4. The molecular formula is C16H31NO. The Labute approximate surface area is 113 Å². The second kappa shape index (κ2) is 6.38. The molecule has 0 aromatic rings. The third-order valence-electron chi connectivity index (χ3n) is 4.98. The van der Waals surface area contributed by atoms with Gasteiger partial charge in [-0.15, -0.1) is 0 Å². The molecule has 2 rings (SSSR count). The van der Waals surface area contributed by atoms with Gasteiger partial charge in [0.05, 0.1) is 11.7 Å². The summed E-state index contributed by atoms with van der Waals surface area (Å²) in [4.78, 5) is 0. The van der Waals surface area contributed by atoms with Crippen LogP contribution in [-0.2, 0) is 4.74 Å². The Morgan fingerprint density at radius 3 is 2.56 bits per heavy atom. The molecule has 106 valence electrons. The van der Waals surface area contributed by atoms with Gasteiger partial charge in [0.25, 0.3) is 0 Å². The standard InChI is InChI=1S/C16H31NO/c1-13-7-6-10-16(11-13,12-17-3)18-15-9-5-4-8-14(15)2/h13-15,17H,4-12H2,1-3H3. The second-order valence-electron chi connectivity index (χ2n) is 6.83. The van der Waals surface area contributed by atoms with Gasteiger partial charge in [0.2, 0.25) is 0 Å². The largest absolute Gasteiger partial charge is 0.370 e. The molecule has 0 aromatic carbocycles. The molecule has 0 saturated heterocycles. The number of likely N-dealkylation sites (N-methyl/N-ethyl adjacent to an activating group) is 1. The van der Waals surface area contributed by atoms with Gasteiger partial charge in [0.1, 0.15) is 0 Å². The molecule has 2 aliphatic carbocycles. The first-order valence-electron chi connectivity index (χ1n) is 7.98. The van der Waals surface area contributed by atoms with Crippen molar-refractivity contribution in [1.82, 2.24) is 5.32 Å². The number of hydrogen-bond donors (Lipinski definition) is 1. The molecule has 0 spiro atoms. The predicted octanol–water partition coefficient (Wildman–Crippen LogP) is 3.75. The number of hydrogen-bond acceptors (Lipinski definition) is 2. The van der Waals surface area contributed by atoms with Gasteiger partial charge in [-0.05, 0) is 44.6 Å². The minimum atomic E-state index is 0.128. The van der Waals surface area contributed by atoms with Crippen LogP contribution in [0.5, 0.6) is 0 Å². The van der Waals surface area contributed by atoms with Crippen LogP contribution in [0.2, 0.25) is 0 Å². The molecular weight excluding hydrogens is 222 g/mol. The molecule has 4 atom stereocenters. The summed E-state index contributed by atoms with van der Waals surface area (Å²) in [5.41, 5.74) is 0.128. The molecule has 18 heavy (non-hydrogen) atoms. The van der Waals surface area contributed by atoms with Gasteiger partial charge in [0.15, 0.2) is 0 Å². The predicted molar refractivity (Wildman–Crippen MR) is 76.8 cm³/mol. The molecule has 1 N–H and O–H groups in total. The topological polar surface area (TPSA) is 21.3 Å². The van der Waals surface area contributed by atoms with E-state index in [0.29, 0.717) is 6.10 Å². The summed E-state index contributed by atoms with van der Waals surface area (Å²) in [5, 5.41) is 3.38. The van der Waals surface area contributed by atoms with Gasteiger partial charge in [0, 0.05) is 6.54 Å². The molecule has 0 aromatic heterocycles. The first kappa shape index (κ1) is 14.3. The highest BCUT2D eigenvalue weighted by atomic mass is 16.5. The van der Waals surface area contributed by atoms with Crippen molar-refractivity contribution in [1.29, 1.82) is 0 Å². The van der Waals surface area contributed by atoms with Gasteiger partial charge >= 0.3 is 0 Å². The van der Waals surface area contributed by atoms with Crippen LogP contribution in [0.15, 0.2) is 0 Å². The van der Waals surface area contributed by atoms with Crippen LogP contribution in [0.3, 0.4) is 0 Å². The lowest BCUT2D eigenvalue weighted by molar-refractivity contribution is -0.144. The van der Waals surface area contributed by atoms with E-state index in [9.17, 15) is 0 Å². The SMILES string of the molecule is CNCC1(OC2CCCCC2C)CCCC(C)C1. The van der Waals surface area contributed by atoms with Gasteiger partial charge in [-0.1, -0.05) is 39.5 Å². The summed E-state index contributed by atoms with van der Waals surface area (Å²) in [7, 11) is 2.06. The maximum atomic E-state index is 6.68. The van der Waals surface area contributed by atoms with Crippen molar-refractivity contribution in [3.8, 4) is 0 Å². The van der Waals surface area contributed by atoms with E-state index in [0.717, 1.165) is 18.4 Å². The zero-order valence-corrected chi connectivity index (χ0v) is 12.5. The van der Waals surface area contributed by atoms with Crippen molar-refractivity contribution in [3.05, 3.63) is 0 Å². The quantitative estimate of drug-likeness (QED) is 0.824.